The summed E-state index contributed by atoms with van der Waals surface area (Å²) in [5.41, 5.74) is 0.759. The number of ether oxygens (including phenoxy) is 3. The molecule has 6 heteroatoms. The van der Waals surface area contributed by atoms with E-state index in [1.54, 1.807) is 7.11 Å². The maximum atomic E-state index is 6.17. The fourth-order valence-corrected chi connectivity index (χ4v) is 4.17. The minimum absolute atomic E-state index is 0.491. The Balaban J connectivity index is 1.40. The molecule has 1 aromatic heterocycles. The molecule has 0 amide bonds. The highest BCUT2D eigenvalue weighted by molar-refractivity contribution is 5.87. The van der Waals surface area contributed by atoms with E-state index in [-0.39, 0.29) is 0 Å². The maximum Gasteiger partial charge on any atom is 0.230 e. The van der Waals surface area contributed by atoms with Crippen molar-refractivity contribution in [3.63, 3.8) is 0 Å². The van der Waals surface area contributed by atoms with Crippen molar-refractivity contribution in [1.82, 2.24) is 14.9 Å². The van der Waals surface area contributed by atoms with Crippen molar-refractivity contribution in [2.75, 3.05) is 33.9 Å². The van der Waals surface area contributed by atoms with Crippen LogP contribution in [0.3, 0.4) is 0 Å². The summed E-state index contributed by atoms with van der Waals surface area (Å²) in [6.07, 6.45) is 3.82. The molecule has 0 radical (unpaired) electrons. The third kappa shape index (κ3) is 4.32. The molecule has 1 saturated heterocycles. The zero-order valence-corrected chi connectivity index (χ0v) is 18.5. The molecule has 32 heavy (non-hydrogen) atoms. The van der Waals surface area contributed by atoms with Gasteiger partial charge in [-0.05, 0) is 67.9 Å². The molecule has 0 unspecified atom stereocenters. The van der Waals surface area contributed by atoms with Gasteiger partial charge in [-0.2, -0.15) is 0 Å². The van der Waals surface area contributed by atoms with Crippen molar-refractivity contribution in [1.29, 1.82) is 0 Å². The second-order valence-corrected chi connectivity index (χ2v) is 8.37. The lowest BCUT2D eigenvalue weighted by Crippen LogP contribution is -2.32. The quantitative estimate of drug-likeness (QED) is 0.414. The lowest BCUT2D eigenvalue weighted by Gasteiger charge is -2.28. The topological polar surface area (TPSA) is 56.7 Å². The summed E-state index contributed by atoms with van der Waals surface area (Å²) in [5.74, 6) is 3.14. The van der Waals surface area contributed by atoms with Gasteiger partial charge in [-0.3, -0.25) is 0 Å². The van der Waals surface area contributed by atoms with Crippen LogP contribution in [-0.2, 0) is 0 Å². The molecule has 3 aromatic carbocycles. The first-order chi connectivity index (χ1) is 15.7. The van der Waals surface area contributed by atoms with Gasteiger partial charge >= 0.3 is 0 Å². The smallest absolute Gasteiger partial charge is 0.230 e. The Hall–Kier alpha value is -3.38. The van der Waals surface area contributed by atoms with Crippen LogP contribution in [0.2, 0.25) is 0 Å². The van der Waals surface area contributed by atoms with E-state index in [0.717, 1.165) is 48.0 Å². The molecule has 0 saturated carbocycles. The van der Waals surface area contributed by atoms with Gasteiger partial charge in [0.1, 0.15) is 12.1 Å². The second kappa shape index (κ2) is 9.01. The van der Waals surface area contributed by atoms with Gasteiger partial charge in [0.25, 0.3) is 0 Å². The summed E-state index contributed by atoms with van der Waals surface area (Å²) in [4.78, 5) is 11.2. The number of rotatable bonds is 6. The summed E-state index contributed by atoms with van der Waals surface area (Å²) in [5, 5.41) is 3.06. The lowest BCUT2D eigenvalue weighted by molar-refractivity contribution is 0.157. The van der Waals surface area contributed by atoms with Crippen LogP contribution >= 0.6 is 0 Å². The summed E-state index contributed by atoms with van der Waals surface area (Å²) in [6.45, 7) is 2.92. The Labute approximate surface area is 187 Å². The van der Waals surface area contributed by atoms with Crippen molar-refractivity contribution in [3.05, 3.63) is 60.9 Å². The van der Waals surface area contributed by atoms with E-state index in [2.05, 4.69) is 34.0 Å². The number of hydrogen-bond donors (Lipinski definition) is 0. The Kier molecular flexibility index (Phi) is 5.77. The van der Waals surface area contributed by atoms with E-state index in [1.165, 1.54) is 11.7 Å². The Morgan fingerprint density at radius 2 is 1.75 bits per heavy atom. The third-order valence-electron chi connectivity index (χ3n) is 6.13. The third-order valence-corrected chi connectivity index (χ3v) is 6.13. The highest BCUT2D eigenvalue weighted by Gasteiger charge is 2.19. The number of likely N-dealkylation sites (tertiary alicyclic amines) is 1. The number of aromatic nitrogens is 2. The van der Waals surface area contributed by atoms with Crippen LogP contribution in [0.1, 0.15) is 12.8 Å². The van der Waals surface area contributed by atoms with Crippen LogP contribution in [0, 0.1) is 5.92 Å². The molecule has 0 aliphatic carbocycles. The molecule has 0 atom stereocenters. The van der Waals surface area contributed by atoms with E-state index in [1.807, 2.05) is 42.5 Å². The molecule has 0 spiro atoms. The number of hydrogen-bond acceptors (Lipinski definition) is 6. The minimum Gasteiger partial charge on any atom is -0.493 e. The highest BCUT2D eigenvalue weighted by Crippen LogP contribution is 2.37. The van der Waals surface area contributed by atoms with Crippen molar-refractivity contribution in [2.24, 2.45) is 5.92 Å². The number of piperidine rings is 1. The van der Waals surface area contributed by atoms with Gasteiger partial charge < -0.3 is 19.1 Å². The summed E-state index contributed by atoms with van der Waals surface area (Å²) in [7, 11) is 3.82. The molecular formula is C26H27N3O3. The van der Waals surface area contributed by atoms with Crippen molar-refractivity contribution in [3.8, 4) is 23.1 Å². The first-order valence-electron chi connectivity index (χ1n) is 11.0. The zero-order chi connectivity index (χ0) is 21.9. The van der Waals surface area contributed by atoms with E-state index < -0.39 is 0 Å². The summed E-state index contributed by atoms with van der Waals surface area (Å²) in [6, 6.07) is 18.0. The van der Waals surface area contributed by atoms with Gasteiger partial charge in [-0.1, -0.05) is 30.3 Å². The van der Waals surface area contributed by atoms with Crippen LogP contribution in [0.15, 0.2) is 60.9 Å². The standard InChI is InChI=1S/C26H27N3O3/c1-29-11-9-18(10-12-29)16-31-25-15-23-22(14-24(25)30-2)26(28-17-27-23)32-21-8-7-19-5-3-4-6-20(19)13-21/h3-8,13-15,17-18H,9-12,16H2,1-2H3. The molecular weight excluding hydrogens is 402 g/mol. The molecule has 0 N–H and O–H groups in total. The molecule has 1 aliphatic heterocycles. The lowest BCUT2D eigenvalue weighted by atomic mass is 9.98. The predicted molar refractivity (Wildman–Crippen MR) is 126 cm³/mol. The largest absolute Gasteiger partial charge is 0.493 e. The molecule has 0 bridgehead atoms. The van der Waals surface area contributed by atoms with E-state index in [0.29, 0.717) is 29.9 Å². The second-order valence-electron chi connectivity index (χ2n) is 8.37. The van der Waals surface area contributed by atoms with Gasteiger partial charge in [-0.15, -0.1) is 0 Å². The minimum atomic E-state index is 0.491. The SMILES string of the molecule is COc1cc2c(Oc3ccc4ccccc4c3)ncnc2cc1OCC1CCN(C)CC1. The highest BCUT2D eigenvalue weighted by atomic mass is 16.5. The average Bonchev–Trinajstić information content (AvgIpc) is 2.83. The predicted octanol–water partition coefficient (Wildman–Crippen LogP) is 5.30. The van der Waals surface area contributed by atoms with Gasteiger partial charge in [0, 0.05) is 6.07 Å². The fraction of sp³-hybridized carbons (Fsp3) is 0.308. The maximum absolute atomic E-state index is 6.17. The molecule has 2 heterocycles. The Morgan fingerprint density at radius 3 is 2.56 bits per heavy atom. The van der Waals surface area contributed by atoms with Gasteiger partial charge in [-0.25, -0.2) is 9.97 Å². The fourth-order valence-electron chi connectivity index (χ4n) is 4.17. The monoisotopic (exact) mass is 429 g/mol. The van der Waals surface area contributed by atoms with Crippen LogP contribution < -0.4 is 14.2 Å². The van der Waals surface area contributed by atoms with Crippen molar-refractivity contribution in [2.45, 2.75) is 12.8 Å². The number of benzene rings is 3. The van der Waals surface area contributed by atoms with E-state index >= 15 is 0 Å². The van der Waals surface area contributed by atoms with Crippen molar-refractivity contribution < 1.29 is 14.2 Å². The van der Waals surface area contributed by atoms with Gasteiger partial charge in [0.05, 0.1) is 24.6 Å². The van der Waals surface area contributed by atoms with Crippen LogP contribution in [0.25, 0.3) is 21.7 Å². The van der Waals surface area contributed by atoms with E-state index in [9.17, 15) is 0 Å². The summed E-state index contributed by atoms with van der Waals surface area (Å²) >= 11 is 0. The molecule has 1 aliphatic rings. The molecule has 4 aromatic rings. The van der Waals surface area contributed by atoms with Crippen molar-refractivity contribution >= 4 is 21.7 Å². The molecule has 164 valence electrons. The van der Waals surface area contributed by atoms with Gasteiger partial charge in [0.2, 0.25) is 5.88 Å². The average molecular weight is 430 g/mol. The number of methoxy groups -OCH3 is 1. The Bertz CT molecular complexity index is 1240. The van der Waals surface area contributed by atoms with Crippen LogP contribution in [0.4, 0.5) is 0 Å². The normalized spacial score (nSPS) is 15.2. The molecule has 6 nitrogen and oxygen atoms in total. The van der Waals surface area contributed by atoms with Gasteiger partial charge in [0.15, 0.2) is 11.5 Å². The van der Waals surface area contributed by atoms with Crippen LogP contribution in [0.5, 0.6) is 23.1 Å². The number of fused-ring (bicyclic) bond motifs is 2. The first-order valence-corrected chi connectivity index (χ1v) is 11.0. The first kappa shape index (κ1) is 20.5. The number of nitrogens with zero attached hydrogens (tertiary/aromatic N) is 3. The molecule has 5 rings (SSSR count). The zero-order valence-electron chi connectivity index (χ0n) is 18.5. The Morgan fingerprint density at radius 1 is 0.938 bits per heavy atom. The van der Waals surface area contributed by atoms with E-state index in [4.69, 9.17) is 14.2 Å². The van der Waals surface area contributed by atoms with Crippen LogP contribution in [-0.4, -0.2) is 48.7 Å². The molecule has 1 fully saturated rings. The summed E-state index contributed by atoms with van der Waals surface area (Å²) < 4.78 is 18.0.